The quantitative estimate of drug-likeness (QED) is 0.557. The molecule has 0 spiro atoms. The summed E-state index contributed by atoms with van der Waals surface area (Å²) in [4.78, 5) is 24.1. The van der Waals surface area contributed by atoms with Crippen LogP contribution in [0.25, 0.3) is 10.9 Å². The van der Waals surface area contributed by atoms with Crippen LogP contribution in [0.3, 0.4) is 0 Å². The third-order valence-electron chi connectivity index (χ3n) is 4.83. The van der Waals surface area contributed by atoms with E-state index in [0.717, 1.165) is 36.8 Å². The molecule has 0 bridgehead atoms. The highest BCUT2D eigenvalue weighted by Crippen LogP contribution is 2.31. The summed E-state index contributed by atoms with van der Waals surface area (Å²) in [7, 11) is 0. The molecule has 1 amide bonds. The summed E-state index contributed by atoms with van der Waals surface area (Å²) in [5.41, 5.74) is 14.2. The molecule has 4 rings (SSSR count). The molecule has 0 aliphatic carbocycles. The Balaban J connectivity index is 1.73. The molecule has 0 radical (unpaired) electrons. The number of anilines is 3. The van der Waals surface area contributed by atoms with E-state index in [-0.39, 0.29) is 17.3 Å². The Morgan fingerprint density at radius 3 is 2.93 bits per heavy atom. The van der Waals surface area contributed by atoms with Crippen molar-refractivity contribution in [3.05, 3.63) is 47.8 Å². The number of amides is 1. The van der Waals surface area contributed by atoms with Crippen molar-refractivity contribution in [1.82, 2.24) is 20.3 Å². The fourth-order valence-corrected chi connectivity index (χ4v) is 3.52. The smallest absolute Gasteiger partial charge is 0.254 e. The lowest BCUT2D eigenvalue weighted by Gasteiger charge is -2.24. The maximum Gasteiger partial charge on any atom is 0.254 e. The summed E-state index contributed by atoms with van der Waals surface area (Å²) < 4.78 is 0. The molecule has 1 aromatic carbocycles. The van der Waals surface area contributed by atoms with Gasteiger partial charge in [-0.15, -0.1) is 0 Å². The van der Waals surface area contributed by atoms with Gasteiger partial charge in [-0.05, 0) is 43.0 Å². The summed E-state index contributed by atoms with van der Waals surface area (Å²) >= 11 is 0. The highest BCUT2D eigenvalue weighted by molar-refractivity contribution is 5.98. The van der Waals surface area contributed by atoms with E-state index in [0.29, 0.717) is 11.6 Å². The second-order valence-corrected chi connectivity index (χ2v) is 6.66. The van der Waals surface area contributed by atoms with Gasteiger partial charge in [0.2, 0.25) is 5.95 Å². The molecule has 6 N–H and O–H groups in total. The first-order valence-electron chi connectivity index (χ1n) is 8.90. The Kier molecular flexibility index (Phi) is 4.55. The average molecular weight is 363 g/mol. The number of pyridine rings is 1. The summed E-state index contributed by atoms with van der Waals surface area (Å²) in [6.45, 7) is 2.03. The van der Waals surface area contributed by atoms with Gasteiger partial charge in [-0.25, -0.2) is 4.98 Å². The Morgan fingerprint density at radius 1 is 1.26 bits per heavy atom. The Labute approximate surface area is 156 Å². The fourth-order valence-electron chi connectivity index (χ4n) is 3.52. The van der Waals surface area contributed by atoms with Crippen molar-refractivity contribution in [3.63, 3.8) is 0 Å². The normalized spacial score (nSPS) is 17.0. The van der Waals surface area contributed by atoms with Crippen molar-refractivity contribution >= 4 is 34.3 Å². The molecule has 8 nitrogen and oxygen atoms in total. The number of hydrogen-bond acceptors (Lipinski definition) is 7. The number of primary amides is 1. The lowest BCUT2D eigenvalue weighted by atomic mass is 9.89. The molecule has 1 aliphatic heterocycles. The van der Waals surface area contributed by atoms with Crippen LogP contribution in [0.4, 0.5) is 17.5 Å². The number of nitrogen functional groups attached to an aromatic ring is 1. The average Bonchev–Trinajstić information content (AvgIpc) is 2.68. The van der Waals surface area contributed by atoms with Crippen LogP contribution in [-0.2, 0) is 0 Å². The van der Waals surface area contributed by atoms with Crippen molar-refractivity contribution in [2.45, 2.75) is 18.8 Å². The van der Waals surface area contributed by atoms with Crippen molar-refractivity contribution in [3.8, 4) is 0 Å². The van der Waals surface area contributed by atoms with Gasteiger partial charge >= 0.3 is 0 Å². The SMILES string of the molecule is NC(=O)c1cnc(N)nc1Nc1cnc2cccc(C3CCCNC3)c2c1. The third kappa shape index (κ3) is 3.52. The van der Waals surface area contributed by atoms with Crippen LogP contribution in [0.5, 0.6) is 0 Å². The molecular weight excluding hydrogens is 342 g/mol. The monoisotopic (exact) mass is 363 g/mol. The van der Waals surface area contributed by atoms with Gasteiger partial charge in [0.1, 0.15) is 11.4 Å². The van der Waals surface area contributed by atoms with E-state index in [2.05, 4.69) is 31.7 Å². The minimum atomic E-state index is -0.625. The minimum absolute atomic E-state index is 0.0604. The lowest BCUT2D eigenvalue weighted by Crippen LogP contribution is -2.28. The van der Waals surface area contributed by atoms with Gasteiger partial charge in [-0.1, -0.05) is 12.1 Å². The van der Waals surface area contributed by atoms with Gasteiger partial charge in [0.05, 0.1) is 17.4 Å². The molecule has 1 unspecified atom stereocenters. The van der Waals surface area contributed by atoms with E-state index in [4.69, 9.17) is 11.5 Å². The number of aromatic nitrogens is 3. The molecule has 27 heavy (non-hydrogen) atoms. The number of fused-ring (bicyclic) bond motifs is 1. The number of nitrogens with two attached hydrogens (primary N) is 2. The Morgan fingerprint density at radius 2 is 2.15 bits per heavy atom. The summed E-state index contributed by atoms with van der Waals surface area (Å²) in [6, 6.07) is 8.22. The zero-order valence-electron chi connectivity index (χ0n) is 14.8. The molecular formula is C19H21N7O. The van der Waals surface area contributed by atoms with Gasteiger partial charge in [-0.3, -0.25) is 9.78 Å². The zero-order valence-corrected chi connectivity index (χ0v) is 14.8. The maximum absolute atomic E-state index is 11.6. The number of carbonyl (C=O) groups excluding carboxylic acids is 1. The van der Waals surface area contributed by atoms with E-state index < -0.39 is 5.91 Å². The van der Waals surface area contributed by atoms with E-state index in [1.165, 1.54) is 11.8 Å². The summed E-state index contributed by atoms with van der Waals surface area (Å²) in [5.74, 6) is 0.161. The van der Waals surface area contributed by atoms with Crippen LogP contribution in [0.2, 0.25) is 0 Å². The molecule has 3 heterocycles. The zero-order chi connectivity index (χ0) is 18.8. The standard InChI is InChI=1S/C19H21N7O/c20-17(27)15-10-24-19(21)26-18(15)25-12-7-14-13(11-3-2-6-22-8-11)4-1-5-16(14)23-9-12/h1,4-5,7,9-11,22H,2-3,6,8H2,(H2,20,27)(H3,21,24,25,26). The Bertz CT molecular complexity index is 999. The first-order chi connectivity index (χ1) is 13.1. The van der Waals surface area contributed by atoms with Gasteiger partial charge < -0.3 is 22.1 Å². The number of carbonyl (C=O) groups is 1. The first-order valence-corrected chi connectivity index (χ1v) is 8.90. The van der Waals surface area contributed by atoms with Gasteiger partial charge in [0.25, 0.3) is 5.91 Å². The number of nitrogens with one attached hydrogen (secondary N) is 2. The number of piperidine rings is 1. The van der Waals surface area contributed by atoms with Crippen molar-refractivity contribution < 1.29 is 4.79 Å². The molecule has 1 aliphatic rings. The topological polar surface area (TPSA) is 132 Å². The van der Waals surface area contributed by atoms with Crippen LogP contribution in [0.15, 0.2) is 36.7 Å². The highest BCUT2D eigenvalue weighted by Gasteiger charge is 2.18. The first kappa shape index (κ1) is 17.2. The molecule has 8 heteroatoms. The van der Waals surface area contributed by atoms with Crippen LogP contribution in [0.1, 0.15) is 34.7 Å². The van der Waals surface area contributed by atoms with E-state index >= 15 is 0 Å². The van der Waals surface area contributed by atoms with Crippen LogP contribution >= 0.6 is 0 Å². The summed E-state index contributed by atoms with van der Waals surface area (Å²) in [6.07, 6.45) is 5.33. The molecule has 1 fully saturated rings. The number of nitrogens with zero attached hydrogens (tertiary/aromatic N) is 3. The van der Waals surface area contributed by atoms with Crippen LogP contribution in [0, 0.1) is 0 Å². The fraction of sp³-hybridized carbons (Fsp3) is 0.263. The molecule has 3 aromatic rings. The number of hydrogen-bond donors (Lipinski definition) is 4. The second-order valence-electron chi connectivity index (χ2n) is 6.66. The minimum Gasteiger partial charge on any atom is -0.368 e. The van der Waals surface area contributed by atoms with Crippen LogP contribution in [-0.4, -0.2) is 33.9 Å². The predicted molar refractivity (Wildman–Crippen MR) is 105 cm³/mol. The highest BCUT2D eigenvalue weighted by atomic mass is 16.1. The number of benzene rings is 1. The van der Waals surface area contributed by atoms with Crippen molar-refractivity contribution in [2.75, 3.05) is 24.1 Å². The van der Waals surface area contributed by atoms with E-state index in [1.54, 1.807) is 6.20 Å². The molecule has 0 saturated carbocycles. The van der Waals surface area contributed by atoms with Crippen molar-refractivity contribution in [1.29, 1.82) is 0 Å². The molecule has 1 saturated heterocycles. The molecule has 1 atom stereocenters. The van der Waals surface area contributed by atoms with Gasteiger partial charge in [0, 0.05) is 18.1 Å². The maximum atomic E-state index is 11.6. The largest absolute Gasteiger partial charge is 0.368 e. The van der Waals surface area contributed by atoms with Crippen LogP contribution < -0.4 is 22.1 Å². The van der Waals surface area contributed by atoms with E-state index in [1.807, 2.05) is 18.2 Å². The lowest BCUT2D eigenvalue weighted by molar-refractivity contribution is 0.100. The third-order valence-corrected chi connectivity index (χ3v) is 4.83. The van der Waals surface area contributed by atoms with Gasteiger partial charge in [-0.2, -0.15) is 4.98 Å². The predicted octanol–water partition coefficient (Wildman–Crippen LogP) is 1.92. The molecule has 2 aromatic heterocycles. The van der Waals surface area contributed by atoms with Crippen molar-refractivity contribution in [2.24, 2.45) is 5.73 Å². The van der Waals surface area contributed by atoms with Gasteiger partial charge in [0.15, 0.2) is 0 Å². The Hall–Kier alpha value is -3.26. The number of rotatable bonds is 4. The summed E-state index contributed by atoms with van der Waals surface area (Å²) in [5, 5.41) is 7.65. The van der Waals surface area contributed by atoms with E-state index in [9.17, 15) is 4.79 Å². The molecule has 138 valence electrons. The second kappa shape index (κ2) is 7.16.